The number of nitriles is 1. The second-order valence-corrected chi connectivity index (χ2v) is 7.33. The summed E-state index contributed by atoms with van der Waals surface area (Å²) >= 11 is 0. The number of anilines is 1. The maximum Gasteiger partial charge on any atom is 0.241 e. The summed E-state index contributed by atoms with van der Waals surface area (Å²) in [5.74, 6) is 0.691. The fraction of sp³-hybridized carbons (Fsp3) is 0.391. The summed E-state index contributed by atoms with van der Waals surface area (Å²) in [5, 5.41) is 12.1. The number of benzene rings is 2. The lowest BCUT2D eigenvalue weighted by Gasteiger charge is -2.35. The van der Waals surface area contributed by atoms with Gasteiger partial charge in [0.2, 0.25) is 5.91 Å². The van der Waals surface area contributed by atoms with Crippen LogP contribution in [-0.4, -0.2) is 29.9 Å². The van der Waals surface area contributed by atoms with Gasteiger partial charge in [-0.2, -0.15) is 5.26 Å². The van der Waals surface area contributed by atoms with Gasteiger partial charge in [-0.1, -0.05) is 42.5 Å². The van der Waals surface area contributed by atoms with Crippen LogP contribution in [0.4, 0.5) is 5.69 Å². The SMILES string of the molecule is C[C@H](C(=O)Nc1ccccc1C#N)N1CCC(CCc2ccccc2)CC1. The Bertz CT molecular complexity index is 789. The molecular weight excluding hydrogens is 334 g/mol. The van der Waals surface area contributed by atoms with Crippen LogP contribution in [0.25, 0.3) is 0 Å². The van der Waals surface area contributed by atoms with Gasteiger partial charge in [0.1, 0.15) is 6.07 Å². The van der Waals surface area contributed by atoms with Crippen molar-refractivity contribution >= 4 is 11.6 Å². The van der Waals surface area contributed by atoms with Gasteiger partial charge in [0.15, 0.2) is 0 Å². The smallest absolute Gasteiger partial charge is 0.241 e. The predicted molar refractivity (Wildman–Crippen MR) is 108 cm³/mol. The van der Waals surface area contributed by atoms with Gasteiger partial charge in [0.05, 0.1) is 17.3 Å². The number of aryl methyl sites for hydroxylation is 1. The van der Waals surface area contributed by atoms with E-state index in [2.05, 4.69) is 46.6 Å². The molecule has 1 aliphatic rings. The fourth-order valence-electron chi connectivity index (χ4n) is 3.74. The highest BCUT2D eigenvalue weighted by molar-refractivity contribution is 5.95. The summed E-state index contributed by atoms with van der Waals surface area (Å²) in [7, 11) is 0. The van der Waals surface area contributed by atoms with Crippen LogP contribution >= 0.6 is 0 Å². The Hall–Kier alpha value is -2.64. The molecule has 1 N–H and O–H groups in total. The van der Waals surface area contributed by atoms with E-state index in [4.69, 9.17) is 5.26 Å². The van der Waals surface area contributed by atoms with E-state index in [1.807, 2.05) is 13.0 Å². The van der Waals surface area contributed by atoms with Crippen molar-refractivity contribution < 1.29 is 4.79 Å². The lowest BCUT2D eigenvalue weighted by molar-refractivity contribution is -0.121. The van der Waals surface area contributed by atoms with Crippen LogP contribution in [0.1, 0.15) is 37.3 Å². The zero-order chi connectivity index (χ0) is 19.1. The molecule has 27 heavy (non-hydrogen) atoms. The van der Waals surface area contributed by atoms with Gasteiger partial charge in [-0.15, -0.1) is 0 Å². The Morgan fingerprint density at radius 3 is 2.52 bits per heavy atom. The Labute approximate surface area is 161 Å². The minimum absolute atomic E-state index is 0.0413. The number of nitrogens with one attached hydrogen (secondary N) is 1. The number of para-hydroxylation sites is 1. The Balaban J connectivity index is 1.47. The summed E-state index contributed by atoms with van der Waals surface area (Å²) in [6.45, 7) is 3.86. The van der Waals surface area contributed by atoms with Crippen molar-refractivity contribution in [1.82, 2.24) is 4.90 Å². The Morgan fingerprint density at radius 2 is 1.81 bits per heavy atom. The van der Waals surface area contributed by atoms with Crippen molar-refractivity contribution in [2.45, 2.75) is 38.6 Å². The summed E-state index contributed by atoms with van der Waals surface area (Å²) in [5.41, 5.74) is 2.50. The number of carbonyl (C=O) groups is 1. The van der Waals surface area contributed by atoms with Crippen LogP contribution in [0.3, 0.4) is 0 Å². The molecule has 0 unspecified atom stereocenters. The maximum atomic E-state index is 12.6. The molecule has 0 bridgehead atoms. The third-order valence-corrected chi connectivity index (χ3v) is 5.57. The number of nitrogens with zero attached hydrogens (tertiary/aromatic N) is 2. The first-order valence-electron chi connectivity index (χ1n) is 9.75. The summed E-state index contributed by atoms with van der Waals surface area (Å²) in [6.07, 6.45) is 4.62. The van der Waals surface area contributed by atoms with Gasteiger partial charge in [0.25, 0.3) is 0 Å². The molecule has 1 fully saturated rings. The second kappa shape index (κ2) is 9.34. The molecule has 1 saturated heterocycles. The van der Waals surface area contributed by atoms with Crippen LogP contribution in [0.5, 0.6) is 0 Å². The standard InChI is InChI=1S/C23H27N3O/c1-18(23(27)25-22-10-6-5-9-21(22)17-24)26-15-13-20(14-16-26)12-11-19-7-3-2-4-8-19/h2-10,18,20H,11-16H2,1H3,(H,25,27)/t18-/m1/s1. The molecule has 0 aromatic heterocycles. The first-order valence-corrected chi connectivity index (χ1v) is 9.75. The van der Waals surface area contributed by atoms with E-state index in [0.29, 0.717) is 11.3 Å². The monoisotopic (exact) mass is 361 g/mol. The lowest BCUT2D eigenvalue weighted by atomic mass is 9.90. The fourth-order valence-corrected chi connectivity index (χ4v) is 3.74. The van der Waals surface area contributed by atoms with E-state index in [9.17, 15) is 4.79 Å². The highest BCUT2D eigenvalue weighted by Gasteiger charge is 2.26. The molecule has 0 radical (unpaired) electrons. The van der Waals surface area contributed by atoms with Crippen molar-refractivity contribution in [3.63, 3.8) is 0 Å². The van der Waals surface area contributed by atoms with Gasteiger partial charge >= 0.3 is 0 Å². The molecule has 0 spiro atoms. The molecule has 1 amide bonds. The third-order valence-electron chi connectivity index (χ3n) is 5.57. The highest BCUT2D eigenvalue weighted by atomic mass is 16.2. The molecular formula is C23H27N3O. The van der Waals surface area contributed by atoms with E-state index in [1.165, 1.54) is 12.0 Å². The zero-order valence-electron chi connectivity index (χ0n) is 15.9. The zero-order valence-corrected chi connectivity index (χ0v) is 15.9. The number of amides is 1. The average Bonchev–Trinajstić information content (AvgIpc) is 2.73. The van der Waals surface area contributed by atoms with Crippen molar-refractivity contribution in [2.24, 2.45) is 5.92 Å². The molecule has 0 saturated carbocycles. The van der Waals surface area contributed by atoms with Gasteiger partial charge < -0.3 is 5.32 Å². The molecule has 1 aliphatic heterocycles. The van der Waals surface area contributed by atoms with Gasteiger partial charge in [-0.3, -0.25) is 9.69 Å². The first-order chi connectivity index (χ1) is 13.2. The molecule has 140 valence electrons. The number of hydrogen-bond donors (Lipinski definition) is 1. The number of carbonyl (C=O) groups excluding carboxylic acids is 1. The third kappa shape index (κ3) is 5.18. The quantitative estimate of drug-likeness (QED) is 0.838. The molecule has 2 aromatic carbocycles. The van der Waals surface area contributed by atoms with Crippen molar-refractivity contribution in [1.29, 1.82) is 5.26 Å². The Kier molecular flexibility index (Phi) is 6.62. The minimum Gasteiger partial charge on any atom is -0.324 e. The average molecular weight is 361 g/mol. The Morgan fingerprint density at radius 1 is 1.15 bits per heavy atom. The van der Waals surface area contributed by atoms with Crippen molar-refractivity contribution in [3.8, 4) is 6.07 Å². The van der Waals surface area contributed by atoms with Crippen molar-refractivity contribution in [2.75, 3.05) is 18.4 Å². The summed E-state index contributed by atoms with van der Waals surface area (Å²) in [4.78, 5) is 14.9. The highest BCUT2D eigenvalue weighted by Crippen LogP contribution is 2.24. The van der Waals surface area contributed by atoms with Crippen LogP contribution in [0.2, 0.25) is 0 Å². The molecule has 4 heteroatoms. The molecule has 1 atom stereocenters. The summed E-state index contributed by atoms with van der Waals surface area (Å²) < 4.78 is 0. The van der Waals surface area contributed by atoms with Gasteiger partial charge in [-0.25, -0.2) is 0 Å². The number of rotatable bonds is 6. The number of piperidine rings is 1. The van der Waals surface area contributed by atoms with E-state index in [0.717, 1.165) is 38.3 Å². The van der Waals surface area contributed by atoms with Crippen LogP contribution in [0, 0.1) is 17.2 Å². The minimum atomic E-state index is -0.188. The summed E-state index contributed by atoms with van der Waals surface area (Å²) in [6, 6.07) is 19.7. The molecule has 0 aliphatic carbocycles. The van der Waals surface area contributed by atoms with E-state index < -0.39 is 0 Å². The predicted octanol–water partition coefficient (Wildman–Crippen LogP) is 4.23. The normalized spacial score (nSPS) is 16.4. The van der Waals surface area contributed by atoms with Gasteiger partial charge in [0, 0.05) is 0 Å². The lowest BCUT2D eigenvalue weighted by Crippen LogP contribution is -2.46. The largest absolute Gasteiger partial charge is 0.324 e. The van der Waals surface area contributed by atoms with Crippen molar-refractivity contribution in [3.05, 3.63) is 65.7 Å². The van der Waals surface area contributed by atoms with E-state index in [1.54, 1.807) is 18.2 Å². The van der Waals surface area contributed by atoms with Crippen LogP contribution < -0.4 is 5.32 Å². The molecule has 3 rings (SSSR count). The van der Waals surface area contributed by atoms with Crippen LogP contribution in [-0.2, 0) is 11.2 Å². The molecule has 2 aromatic rings. The molecule has 4 nitrogen and oxygen atoms in total. The topological polar surface area (TPSA) is 56.1 Å². The first kappa shape index (κ1) is 19.1. The maximum absolute atomic E-state index is 12.6. The number of hydrogen-bond acceptors (Lipinski definition) is 3. The van der Waals surface area contributed by atoms with Crippen LogP contribution in [0.15, 0.2) is 54.6 Å². The molecule has 1 heterocycles. The van der Waals surface area contributed by atoms with E-state index >= 15 is 0 Å². The number of likely N-dealkylation sites (tertiary alicyclic amines) is 1. The second-order valence-electron chi connectivity index (χ2n) is 7.33. The van der Waals surface area contributed by atoms with E-state index in [-0.39, 0.29) is 11.9 Å². The van der Waals surface area contributed by atoms with Gasteiger partial charge in [-0.05, 0) is 69.3 Å².